The van der Waals surface area contributed by atoms with Gasteiger partial charge in [0.1, 0.15) is 0 Å². The quantitative estimate of drug-likeness (QED) is 0.401. The van der Waals surface area contributed by atoms with E-state index in [-0.39, 0.29) is 11.9 Å². The van der Waals surface area contributed by atoms with Crippen molar-refractivity contribution in [2.45, 2.75) is 20.8 Å². The number of esters is 1. The molecule has 0 aromatic heterocycles. The number of hydrogen-bond acceptors (Lipinski definition) is 3. The molecule has 0 bridgehead atoms. The predicted octanol–water partition coefficient (Wildman–Crippen LogP) is 1.86. The molecule has 0 atom stereocenters. The Hall–Kier alpha value is -1.25. The van der Waals surface area contributed by atoms with Gasteiger partial charge in [-0.1, -0.05) is 19.9 Å². The van der Waals surface area contributed by atoms with Crippen LogP contribution in [0.25, 0.3) is 0 Å². The minimum Gasteiger partial charge on any atom is -0.463 e. The average Bonchev–Trinajstić information content (AvgIpc) is 2.12. The molecule has 0 rings (SSSR count). The van der Waals surface area contributed by atoms with Crippen LogP contribution in [0.5, 0.6) is 0 Å². The van der Waals surface area contributed by atoms with Crippen LogP contribution in [0.3, 0.4) is 0 Å². The number of carbonyl (C=O) groups excluding carboxylic acids is 1. The lowest BCUT2D eigenvalue weighted by Crippen LogP contribution is -2.19. The molecule has 0 spiro atoms. The van der Waals surface area contributed by atoms with Crippen molar-refractivity contribution in [2.75, 3.05) is 13.2 Å². The van der Waals surface area contributed by atoms with E-state index >= 15 is 0 Å². The highest BCUT2D eigenvalue weighted by Gasteiger charge is 2.05. The van der Waals surface area contributed by atoms with E-state index in [0.717, 1.165) is 5.70 Å². The zero-order valence-corrected chi connectivity index (χ0v) is 9.17. The molecule has 0 aliphatic heterocycles. The van der Waals surface area contributed by atoms with Crippen LogP contribution in [-0.4, -0.2) is 19.1 Å². The van der Waals surface area contributed by atoms with Gasteiger partial charge < -0.3 is 10.1 Å². The Morgan fingerprint density at radius 1 is 1.57 bits per heavy atom. The van der Waals surface area contributed by atoms with E-state index in [1.54, 1.807) is 13.0 Å². The Kier molecular flexibility index (Phi) is 6.54. The Balaban J connectivity index is 4.30. The molecule has 0 radical (unpaired) electrons. The first-order chi connectivity index (χ1) is 6.61. The Morgan fingerprint density at radius 3 is 2.64 bits per heavy atom. The highest BCUT2D eigenvalue weighted by molar-refractivity contribution is 5.82. The van der Waals surface area contributed by atoms with Crippen molar-refractivity contribution < 1.29 is 9.53 Å². The molecule has 0 heterocycles. The van der Waals surface area contributed by atoms with Gasteiger partial charge in [-0.2, -0.15) is 0 Å². The summed E-state index contributed by atoms with van der Waals surface area (Å²) < 4.78 is 4.82. The topological polar surface area (TPSA) is 38.3 Å². The monoisotopic (exact) mass is 197 g/mol. The largest absolute Gasteiger partial charge is 0.463 e. The maximum atomic E-state index is 11.2. The van der Waals surface area contributed by atoms with Crippen molar-refractivity contribution in [2.24, 2.45) is 5.92 Å². The Bertz CT molecular complexity index is 219. The third-order valence-electron chi connectivity index (χ3n) is 1.63. The molecule has 0 aromatic carbocycles. The van der Waals surface area contributed by atoms with Gasteiger partial charge in [-0.05, 0) is 12.8 Å². The molecule has 3 nitrogen and oxygen atoms in total. The van der Waals surface area contributed by atoms with E-state index in [2.05, 4.69) is 11.9 Å². The van der Waals surface area contributed by atoms with Gasteiger partial charge in [-0.15, -0.1) is 6.58 Å². The summed E-state index contributed by atoms with van der Waals surface area (Å²) in [6.07, 6.45) is 3.25. The van der Waals surface area contributed by atoms with Crippen molar-refractivity contribution in [1.82, 2.24) is 5.32 Å². The van der Waals surface area contributed by atoms with Crippen LogP contribution < -0.4 is 5.32 Å². The Labute approximate surface area is 85.8 Å². The van der Waals surface area contributed by atoms with Crippen LogP contribution in [0.1, 0.15) is 20.8 Å². The maximum absolute atomic E-state index is 11.2. The number of allylic oxidation sites excluding steroid dienone is 1. The Morgan fingerprint density at radius 2 is 2.21 bits per heavy atom. The number of carbonyl (C=O) groups is 1. The fourth-order valence-electron chi connectivity index (χ4n) is 0.923. The number of hydrogen-bond donors (Lipinski definition) is 1. The molecule has 0 aliphatic rings. The summed E-state index contributed by atoms with van der Waals surface area (Å²) in [7, 11) is 0. The van der Waals surface area contributed by atoms with Crippen LogP contribution in [-0.2, 0) is 9.53 Å². The van der Waals surface area contributed by atoms with E-state index < -0.39 is 0 Å². The lowest BCUT2D eigenvalue weighted by atomic mass is 10.1. The second-order valence-electron chi connectivity index (χ2n) is 3.18. The molecule has 0 saturated heterocycles. The molecule has 0 saturated carbocycles. The smallest absolute Gasteiger partial charge is 0.332 e. The first-order valence-electron chi connectivity index (χ1n) is 4.84. The van der Waals surface area contributed by atoms with Gasteiger partial charge in [-0.3, -0.25) is 0 Å². The van der Waals surface area contributed by atoms with Crippen molar-refractivity contribution in [3.05, 3.63) is 24.4 Å². The maximum Gasteiger partial charge on any atom is 0.332 e. The standard InChI is InChI=1S/C11H19NO2/c1-5-7-12-10(9(3)4)8-11(13)14-6-2/h5,8-9,12H,1,6-7H2,2-4H3/b10-8-. The summed E-state index contributed by atoms with van der Waals surface area (Å²) in [4.78, 5) is 11.2. The van der Waals surface area contributed by atoms with Crippen molar-refractivity contribution in [1.29, 1.82) is 0 Å². The second kappa shape index (κ2) is 7.18. The number of ether oxygens (including phenoxy) is 1. The summed E-state index contributed by atoms with van der Waals surface area (Å²) in [5.74, 6) is -0.0212. The van der Waals surface area contributed by atoms with Crippen LogP contribution in [0.2, 0.25) is 0 Å². The summed E-state index contributed by atoms with van der Waals surface area (Å²) in [6, 6.07) is 0. The van der Waals surface area contributed by atoms with Gasteiger partial charge in [0.05, 0.1) is 6.61 Å². The summed E-state index contributed by atoms with van der Waals surface area (Å²) in [5.41, 5.74) is 0.878. The van der Waals surface area contributed by atoms with Gasteiger partial charge in [0.25, 0.3) is 0 Å². The lowest BCUT2D eigenvalue weighted by Gasteiger charge is -2.12. The molecule has 80 valence electrons. The SMILES string of the molecule is C=CCN/C(=C\C(=O)OCC)C(C)C. The van der Waals surface area contributed by atoms with Crippen LogP contribution >= 0.6 is 0 Å². The molecular weight excluding hydrogens is 178 g/mol. The second-order valence-corrected chi connectivity index (χ2v) is 3.18. The van der Waals surface area contributed by atoms with Crippen LogP contribution in [0.15, 0.2) is 24.4 Å². The zero-order valence-electron chi connectivity index (χ0n) is 9.17. The molecule has 1 N–H and O–H groups in total. The van der Waals surface area contributed by atoms with E-state index in [0.29, 0.717) is 13.2 Å². The molecule has 0 aromatic rings. The molecule has 14 heavy (non-hydrogen) atoms. The zero-order chi connectivity index (χ0) is 11.0. The van der Waals surface area contributed by atoms with Crippen molar-refractivity contribution in [3.63, 3.8) is 0 Å². The summed E-state index contributed by atoms with van der Waals surface area (Å²) in [6.45, 7) is 10.5. The third kappa shape index (κ3) is 5.41. The minimum atomic E-state index is -0.298. The van der Waals surface area contributed by atoms with Gasteiger partial charge in [-0.25, -0.2) is 4.79 Å². The molecule has 0 aliphatic carbocycles. The highest BCUT2D eigenvalue weighted by atomic mass is 16.5. The number of rotatable bonds is 6. The van der Waals surface area contributed by atoms with Gasteiger partial charge >= 0.3 is 5.97 Å². The first-order valence-corrected chi connectivity index (χ1v) is 4.84. The normalized spacial score (nSPS) is 11.3. The average molecular weight is 197 g/mol. The first kappa shape index (κ1) is 12.8. The van der Waals surface area contributed by atoms with Crippen LogP contribution in [0, 0.1) is 5.92 Å². The lowest BCUT2D eigenvalue weighted by molar-refractivity contribution is -0.137. The third-order valence-corrected chi connectivity index (χ3v) is 1.63. The van der Waals surface area contributed by atoms with Crippen LogP contribution in [0.4, 0.5) is 0 Å². The van der Waals surface area contributed by atoms with Gasteiger partial charge in [0.15, 0.2) is 0 Å². The highest BCUT2D eigenvalue weighted by Crippen LogP contribution is 2.05. The molecule has 3 heteroatoms. The fraction of sp³-hybridized carbons (Fsp3) is 0.545. The van der Waals surface area contributed by atoms with E-state index in [9.17, 15) is 4.79 Å². The van der Waals surface area contributed by atoms with Crippen molar-refractivity contribution in [3.8, 4) is 0 Å². The van der Waals surface area contributed by atoms with Crippen molar-refractivity contribution >= 4 is 5.97 Å². The van der Waals surface area contributed by atoms with E-state index in [4.69, 9.17) is 4.74 Å². The fourth-order valence-corrected chi connectivity index (χ4v) is 0.923. The van der Waals surface area contributed by atoms with E-state index in [1.165, 1.54) is 6.08 Å². The molecule has 0 unspecified atom stereocenters. The minimum absolute atomic E-state index is 0.277. The molecule has 0 fully saturated rings. The molecular formula is C11H19NO2. The van der Waals surface area contributed by atoms with Gasteiger partial charge in [0.2, 0.25) is 0 Å². The molecule has 0 amide bonds. The van der Waals surface area contributed by atoms with Gasteiger partial charge in [0, 0.05) is 18.3 Å². The predicted molar refractivity (Wildman–Crippen MR) is 57.8 cm³/mol. The summed E-state index contributed by atoms with van der Waals surface area (Å²) >= 11 is 0. The number of nitrogens with one attached hydrogen (secondary N) is 1. The summed E-state index contributed by atoms with van der Waals surface area (Å²) in [5, 5.41) is 3.10. The van der Waals surface area contributed by atoms with E-state index in [1.807, 2.05) is 13.8 Å².